The Kier molecular flexibility index (Phi) is 5.23. The Morgan fingerprint density at radius 2 is 1.87 bits per heavy atom. The fourth-order valence-electron chi connectivity index (χ4n) is 2.40. The van der Waals surface area contributed by atoms with E-state index >= 15 is 0 Å². The summed E-state index contributed by atoms with van der Waals surface area (Å²) in [6.07, 6.45) is 2.58. The smallest absolute Gasteiger partial charge is 0.175 e. The maximum Gasteiger partial charge on any atom is 0.175 e. The zero-order chi connectivity index (χ0) is 16.2. The second-order valence-electron chi connectivity index (χ2n) is 6.04. The van der Waals surface area contributed by atoms with Crippen LogP contribution in [-0.4, -0.2) is 13.2 Å². The number of methoxy groups -OCH3 is 1. The fourth-order valence-corrected chi connectivity index (χ4v) is 3.01. The number of benzene rings is 2. The molecule has 0 aromatic heterocycles. The standard InChI is InChI=1S/C19H22BrNO2/c1-13-3-5-14(6-4-13)12-23-19-17(20)9-15(10-18(19)22-2)11-21-16-7-8-16/h3-6,9-10,16,21H,7-8,11-12H2,1-2H3. The van der Waals surface area contributed by atoms with Crippen LogP contribution in [-0.2, 0) is 13.2 Å². The molecule has 0 bridgehead atoms. The van der Waals surface area contributed by atoms with Crippen LogP contribution in [0.15, 0.2) is 40.9 Å². The molecule has 0 radical (unpaired) electrons. The van der Waals surface area contributed by atoms with Crippen LogP contribution in [0, 0.1) is 6.92 Å². The molecular weight excluding hydrogens is 354 g/mol. The number of rotatable bonds is 7. The van der Waals surface area contributed by atoms with Crippen molar-refractivity contribution in [2.45, 2.75) is 39.0 Å². The lowest BCUT2D eigenvalue weighted by molar-refractivity contribution is 0.282. The van der Waals surface area contributed by atoms with E-state index in [1.165, 1.54) is 24.0 Å². The van der Waals surface area contributed by atoms with E-state index in [0.717, 1.165) is 28.1 Å². The van der Waals surface area contributed by atoms with Crippen LogP contribution in [0.2, 0.25) is 0 Å². The minimum atomic E-state index is 0.523. The van der Waals surface area contributed by atoms with Crippen molar-refractivity contribution in [3.8, 4) is 11.5 Å². The van der Waals surface area contributed by atoms with Gasteiger partial charge in [-0.15, -0.1) is 0 Å². The van der Waals surface area contributed by atoms with E-state index in [9.17, 15) is 0 Å². The lowest BCUT2D eigenvalue weighted by atomic mass is 10.1. The molecule has 1 fully saturated rings. The van der Waals surface area contributed by atoms with Crippen LogP contribution < -0.4 is 14.8 Å². The van der Waals surface area contributed by atoms with E-state index in [1.54, 1.807) is 7.11 Å². The molecule has 0 unspecified atom stereocenters. The number of nitrogens with one attached hydrogen (secondary N) is 1. The molecule has 1 N–H and O–H groups in total. The van der Waals surface area contributed by atoms with Crippen LogP contribution in [0.1, 0.15) is 29.5 Å². The maximum atomic E-state index is 5.99. The quantitative estimate of drug-likeness (QED) is 0.766. The van der Waals surface area contributed by atoms with Gasteiger partial charge in [0.05, 0.1) is 11.6 Å². The third kappa shape index (κ3) is 4.49. The van der Waals surface area contributed by atoms with Gasteiger partial charge in [0.15, 0.2) is 11.5 Å². The lowest BCUT2D eigenvalue weighted by Gasteiger charge is -2.15. The highest BCUT2D eigenvalue weighted by Crippen LogP contribution is 2.37. The Bertz CT molecular complexity index is 666. The van der Waals surface area contributed by atoms with Crippen molar-refractivity contribution >= 4 is 15.9 Å². The average molecular weight is 376 g/mol. The predicted octanol–water partition coefficient (Wildman–Crippen LogP) is 4.60. The van der Waals surface area contributed by atoms with Crippen LogP contribution in [0.5, 0.6) is 11.5 Å². The number of aryl methyl sites for hydroxylation is 1. The first kappa shape index (κ1) is 16.3. The zero-order valence-electron chi connectivity index (χ0n) is 13.6. The first-order chi connectivity index (χ1) is 11.2. The number of hydrogen-bond acceptors (Lipinski definition) is 3. The maximum absolute atomic E-state index is 5.99. The molecule has 1 aliphatic carbocycles. The van der Waals surface area contributed by atoms with Gasteiger partial charge < -0.3 is 14.8 Å². The Hall–Kier alpha value is -1.52. The summed E-state index contributed by atoms with van der Waals surface area (Å²) in [5.74, 6) is 1.52. The molecule has 122 valence electrons. The van der Waals surface area contributed by atoms with E-state index in [0.29, 0.717) is 12.6 Å². The van der Waals surface area contributed by atoms with E-state index in [2.05, 4.69) is 58.5 Å². The van der Waals surface area contributed by atoms with Gasteiger partial charge in [-0.1, -0.05) is 29.8 Å². The molecule has 0 heterocycles. The molecule has 2 aromatic carbocycles. The van der Waals surface area contributed by atoms with Gasteiger partial charge in [-0.2, -0.15) is 0 Å². The fraction of sp³-hybridized carbons (Fsp3) is 0.368. The molecule has 3 rings (SSSR count). The van der Waals surface area contributed by atoms with E-state index in [4.69, 9.17) is 9.47 Å². The van der Waals surface area contributed by atoms with Crippen molar-refractivity contribution in [3.63, 3.8) is 0 Å². The molecule has 0 spiro atoms. The van der Waals surface area contributed by atoms with Crippen molar-refractivity contribution < 1.29 is 9.47 Å². The molecule has 1 aliphatic rings. The highest BCUT2D eigenvalue weighted by molar-refractivity contribution is 9.10. The summed E-state index contributed by atoms with van der Waals surface area (Å²) in [6.45, 7) is 3.46. The second kappa shape index (κ2) is 7.37. The summed E-state index contributed by atoms with van der Waals surface area (Å²) in [4.78, 5) is 0. The summed E-state index contributed by atoms with van der Waals surface area (Å²) in [5.41, 5.74) is 3.59. The van der Waals surface area contributed by atoms with Gasteiger partial charge in [0.1, 0.15) is 6.61 Å². The topological polar surface area (TPSA) is 30.5 Å². The number of halogens is 1. The van der Waals surface area contributed by atoms with Gasteiger partial charge in [0, 0.05) is 12.6 Å². The Balaban J connectivity index is 1.70. The molecular formula is C19H22BrNO2. The molecule has 23 heavy (non-hydrogen) atoms. The van der Waals surface area contributed by atoms with Crippen LogP contribution in [0.3, 0.4) is 0 Å². The lowest BCUT2D eigenvalue weighted by Crippen LogP contribution is -2.15. The van der Waals surface area contributed by atoms with Gasteiger partial charge in [-0.25, -0.2) is 0 Å². The molecule has 2 aromatic rings. The monoisotopic (exact) mass is 375 g/mol. The Labute approximate surface area is 146 Å². The highest BCUT2D eigenvalue weighted by atomic mass is 79.9. The minimum absolute atomic E-state index is 0.523. The normalized spacial score (nSPS) is 13.9. The summed E-state index contributed by atoms with van der Waals surface area (Å²) >= 11 is 3.61. The summed E-state index contributed by atoms with van der Waals surface area (Å²) in [6, 6.07) is 13.2. The van der Waals surface area contributed by atoms with Crippen LogP contribution >= 0.6 is 15.9 Å². The van der Waals surface area contributed by atoms with E-state index in [-0.39, 0.29) is 0 Å². The van der Waals surface area contributed by atoms with Crippen molar-refractivity contribution in [1.82, 2.24) is 5.32 Å². The highest BCUT2D eigenvalue weighted by Gasteiger charge is 2.20. The van der Waals surface area contributed by atoms with Crippen molar-refractivity contribution in [2.75, 3.05) is 7.11 Å². The van der Waals surface area contributed by atoms with Gasteiger partial charge in [-0.05, 0) is 59.0 Å². The Morgan fingerprint density at radius 1 is 1.13 bits per heavy atom. The second-order valence-corrected chi connectivity index (χ2v) is 6.89. The summed E-state index contributed by atoms with van der Waals surface area (Å²) in [7, 11) is 1.68. The van der Waals surface area contributed by atoms with E-state index in [1.807, 2.05) is 6.07 Å². The third-order valence-corrected chi connectivity index (χ3v) is 4.55. The first-order valence-corrected chi connectivity index (χ1v) is 8.73. The average Bonchev–Trinajstić information content (AvgIpc) is 3.37. The summed E-state index contributed by atoms with van der Waals surface area (Å²) < 4.78 is 12.4. The molecule has 0 saturated heterocycles. The van der Waals surface area contributed by atoms with E-state index < -0.39 is 0 Å². The molecule has 4 heteroatoms. The zero-order valence-corrected chi connectivity index (χ0v) is 15.2. The van der Waals surface area contributed by atoms with Gasteiger partial charge in [0.2, 0.25) is 0 Å². The minimum Gasteiger partial charge on any atom is -0.493 e. The molecule has 0 aliphatic heterocycles. The first-order valence-electron chi connectivity index (χ1n) is 7.94. The number of ether oxygens (including phenoxy) is 2. The van der Waals surface area contributed by atoms with Crippen LogP contribution in [0.4, 0.5) is 0 Å². The van der Waals surface area contributed by atoms with Crippen molar-refractivity contribution in [1.29, 1.82) is 0 Å². The number of hydrogen-bond donors (Lipinski definition) is 1. The summed E-state index contributed by atoms with van der Waals surface area (Å²) in [5, 5.41) is 3.52. The Morgan fingerprint density at radius 3 is 2.52 bits per heavy atom. The van der Waals surface area contributed by atoms with Crippen molar-refractivity contribution in [2.24, 2.45) is 0 Å². The third-order valence-electron chi connectivity index (χ3n) is 3.97. The molecule has 0 amide bonds. The SMILES string of the molecule is COc1cc(CNC2CC2)cc(Br)c1OCc1ccc(C)cc1. The largest absolute Gasteiger partial charge is 0.493 e. The molecule has 3 nitrogen and oxygen atoms in total. The van der Waals surface area contributed by atoms with Gasteiger partial charge in [-0.3, -0.25) is 0 Å². The van der Waals surface area contributed by atoms with Gasteiger partial charge >= 0.3 is 0 Å². The predicted molar refractivity (Wildman–Crippen MR) is 96.1 cm³/mol. The van der Waals surface area contributed by atoms with Crippen LogP contribution in [0.25, 0.3) is 0 Å². The molecule has 0 atom stereocenters. The van der Waals surface area contributed by atoms with Crippen molar-refractivity contribution in [3.05, 3.63) is 57.6 Å². The molecule has 1 saturated carbocycles. The van der Waals surface area contributed by atoms with Gasteiger partial charge in [0.25, 0.3) is 0 Å².